The van der Waals surface area contributed by atoms with Crippen molar-refractivity contribution in [1.29, 1.82) is 0 Å². The van der Waals surface area contributed by atoms with Crippen LogP contribution >= 0.6 is 0 Å². The molecule has 1 aliphatic carbocycles. The van der Waals surface area contributed by atoms with Crippen LogP contribution in [0.2, 0.25) is 0 Å². The van der Waals surface area contributed by atoms with Crippen LogP contribution in [-0.4, -0.2) is 34.9 Å². The Morgan fingerprint density at radius 2 is 1.89 bits per heavy atom. The third-order valence-corrected chi connectivity index (χ3v) is 4.37. The minimum absolute atomic E-state index is 0.347. The summed E-state index contributed by atoms with van der Waals surface area (Å²) in [6.45, 7) is 6.82. The molecule has 0 radical (unpaired) electrons. The van der Waals surface area contributed by atoms with Crippen LogP contribution in [0.4, 0.5) is 0 Å². The molecule has 1 saturated heterocycles. The molecule has 2 aliphatic rings. The standard InChI is InChI=1S/C15H22N2O/c1-12-11-13-14(5-4-6-15(13)18)17(12)10-9-16-7-2-3-8-16/h11H,2-10H2,1H3. The van der Waals surface area contributed by atoms with Gasteiger partial charge in [0, 0.05) is 36.5 Å². The molecule has 3 nitrogen and oxygen atoms in total. The van der Waals surface area contributed by atoms with Crippen LogP contribution in [0.5, 0.6) is 0 Å². The topological polar surface area (TPSA) is 25.2 Å². The summed E-state index contributed by atoms with van der Waals surface area (Å²) in [6.07, 6.45) is 5.54. The number of hydrogen-bond acceptors (Lipinski definition) is 2. The van der Waals surface area contributed by atoms with Gasteiger partial charge in [0.2, 0.25) is 0 Å². The maximum absolute atomic E-state index is 11.9. The van der Waals surface area contributed by atoms with E-state index < -0.39 is 0 Å². The lowest BCUT2D eigenvalue weighted by Gasteiger charge is -2.19. The number of aromatic nitrogens is 1. The highest BCUT2D eigenvalue weighted by atomic mass is 16.1. The largest absolute Gasteiger partial charge is 0.347 e. The normalized spacial score (nSPS) is 20.4. The lowest BCUT2D eigenvalue weighted by atomic mass is 9.97. The summed E-state index contributed by atoms with van der Waals surface area (Å²) in [5, 5.41) is 0. The lowest BCUT2D eigenvalue weighted by molar-refractivity contribution is 0.0971. The zero-order chi connectivity index (χ0) is 12.5. The predicted molar refractivity (Wildman–Crippen MR) is 72.1 cm³/mol. The van der Waals surface area contributed by atoms with Crippen molar-refractivity contribution in [3.63, 3.8) is 0 Å². The fourth-order valence-corrected chi connectivity index (χ4v) is 3.35. The summed E-state index contributed by atoms with van der Waals surface area (Å²) in [5.41, 5.74) is 3.55. The Morgan fingerprint density at radius 3 is 2.67 bits per heavy atom. The van der Waals surface area contributed by atoms with E-state index >= 15 is 0 Å². The van der Waals surface area contributed by atoms with Crippen molar-refractivity contribution in [2.24, 2.45) is 0 Å². The van der Waals surface area contributed by atoms with Crippen LogP contribution in [0.15, 0.2) is 6.07 Å². The average molecular weight is 246 g/mol. The molecule has 98 valence electrons. The molecule has 0 N–H and O–H groups in total. The predicted octanol–water partition coefficient (Wildman–Crippen LogP) is 2.41. The van der Waals surface area contributed by atoms with Crippen LogP contribution in [0.3, 0.4) is 0 Å². The quantitative estimate of drug-likeness (QED) is 0.818. The van der Waals surface area contributed by atoms with E-state index in [9.17, 15) is 4.79 Å². The van der Waals surface area contributed by atoms with E-state index in [0.29, 0.717) is 5.78 Å². The molecule has 0 atom stereocenters. The van der Waals surface area contributed by atoms with Gasteiger partial charge in [0.1, 0.15) is 0 Å². The summed E-state index contributed by atoms with van der Waals surface area (Å²) in [4.78, 5) is 14.4. The summed E-state index contributed by atoms with van der Waals surface area (Å²) >= 11 is 0. The molecule has 2 heterocycles. The van der Waals surface area contributed by atoms with Gasteiger partial charge in [-0.3, -0.25) is 4.79 Å². The highest BCUT2D eigenvalue weighted by molar-refractivity contribution is 5.98. The Hall–Kier alpha value is -1.09. The summed E-state index contributed by atoms with van der Waals surface area (Å²) < 4.78 is 2.38. The van der Waals surface area contributed by atoms with Crippen molar-refractivity contribution in [2.45, 2.75) is 45.6 Å². The zero-order valence-corrected chi connectivity index (χ0v) is 11.2. The molecule has 3 rings (SSSR count). The molecular formula is C15H22N2O. The Bertz CT molecular complexity index is 455. The second-order valence-corrected chi connectivity index (χ2v) is 5.62. The van der Waals surface area contributed by atoms with Crippen LogP contribution in [0.1, 0.15) is 47.4 Å². The first-order valence-corrected chi connectivity index (χ1v) is 7.20. The number of likely N-dealkylation sites (tertiary alicyclic amines) is 1. The number of Topliss-reactive ketones (excluding diaryl/α,β-unsaturated/α-hetero) is 1. The smallest absolute Gasteiger partial charge is 0.164 e. The molecular weight excluding hydrogens is 224 g/mol. The van der Waals surface area contributed by atoms with Crippen LogP contribution in [0.25, 0.3) is 0 Å². The SMILES string of the molecule is Cc1cc2c(n1CCN1CCCC1)CCCC2=O. The van der Waals surface area contributed by atoms with Gasteiger partial charge in [0.15, 0.2) is 5.78 Å². The van der Waals surface area contributed by atoms with E-state index in [1.54, 1.807) is 0 Å². The maximum Gasteiger partial charge on any atom is 0.164 e. The first kappa shape index (κ1) is 12.0. The van der Waals surface area contributed by atoms with Gasteiger partial charge in [-0.15, -0.1) is 0 Å². The van der Waals surface area contributed by atoms with Crippen molar-refractivity contribution in [3.8, 4) is 0 Å². The Morgan fingerprint density at radius 1 is 1.11 bits per heavy atom. The average Bonchev–Trinajstić information content (AvgIpc) is 2.95. The number of ketones is 1. The fraction of sp³-hybridized carbons (Fsp3) is 0.667. The van der Waals surface area contributed by atoms with E-state index in [-0.39, 0.29) is 0 Å². The van der Waals surface area contributed by atoms with Gasteiger partial charge in [0.05, 0.1) is 0 Å². The Kier molecular flexibility index (Phi) is 3.25. The first-order valence-electron chi connectivity index (χ1n) is 7.20. The summed E-state index contributed by atoms with van der Waals surface area (Å²) in [7, 11) is 0. The molecule has 18 heavy (non-hydrogen) atoms. The van der Waals surface area contributed by atoms with Crippen molar-refractivity contribution in [3.05, 3.63) is 23.0 Å². The molecule has 0 amide bonds. The molecule has 3 heteroatoms. The number of fused-ring (bicyclic) bond motifs is 1. The zero-order valence-electron chi connectivity index (χ0n) is 11.2. The van der Waals surface area contributed by atoms with Crippen molar-refractivity contribution in [1.82, 2.24) is 9.47 Å². The molecule has 0 aromatic carbocycles. The third kappa shape index (κ3) is 2.12. The molecule has 1 aromatic heterocycles. The van der Waals surface area contributed by atoms with Gasteiger partial charge in [-0.05, 0) is 51.8 Å². The van der Waals surface area contributed by atoms with E-state index in [1.807, 2.05) is 0 Å². The second kappa shape index (κ2) is 4.88. The van der Waals surface area contributed by atoms with Gasteiger partial charge in [-0.2, -0.15) is 0 Å². The lowest BCUT2D eigenvalue weighted by Crippen LogP contribution is -2.25. The van der Waals surface area contributed by atoms with Crippen LogP contribution in [-0.2, 0) is 13.0 Å². The number of nitrogens with zero attached hydrogens (tertiary/aromatic N) is 2. The molecule has 1 aromatic rings. The summed E-state index contributed by atoms with van der Waals surface area (Å²) in [6, 6.07) is 2.10. The van der Waals surface area contributed by atoms with Gasteiger partial charge in [-0.25, -0.2) is 0 Å². The second-order valence-electron chi connectivity index (χ2n) is 5.62. The number of hydrogen-bond donors (Lipinski definition) is 0. The highest BCUT2D eigenvalue weighted by Gasteiger charge is 2.22. The number of rotatable bonds is 3. The molecule has 0 bridgehead atoms. The highest BCUT2D eigenvalue weighted by Crippen LogP contribution is 2.25. The minimum Gasteiger partial charge on any atom is -0.347 e. The first-order chi connectivity index (χ1) is 8.75. The molecule has 1 aliphatic heterocycles. The Balaban J connectivity index is 1.76. The molecule has 1 fully saturated rings. The van der Waals surface area contributed by atoms with Crippen molar-refractivity contribution >= 4 is 5.78 Å². The van der Waals surface area contributed by atoms with Gasteiger partial charge >= 0.3 is 0 Å². The third-order valence-electron chi connectivity index (χ3n) is 4.37. The van der Waals surface area contributed by atoms with Gasteiger partial charge in [-0.1, -0.05) is 0 Å². The number of carbonyl (C=O) groups is 1. The van der Waals surface area contributed by atoms with E-state index in [2.05, 4.69) is 22.5 Å². The maximum atomic E-state index is 11.9. The molecule has 0 saturated carbocycles. The number of aryl methyl sites for hydroxylation is 1. The minimum atomic E-state index is 0.347. The molecule has 0 spiro atoms. The van der Waals surface area contributed by atoms with Gasteiger partial charge < -0.3 is 9.47 Å². The van der Waals surface area contributed by atoms with E-state index in [4.69, 9.17) is 0 Å². The fourth-order valence-electron chi connectivity index (χ4n) is 3.35. The van der Waals surface area contributed by atoms with E-state index in [1.165, 1.54) is 37.3 Å². The monoisotopic (exact) mass is 246 g/mol. The molecule has 0 unspecified atom stereocenters. The van der Waals surface area contributed by atoms with Crippen molar-refractivity contribution < 1.29 is 4.79 Å². The van der Waals surface area contributed by atoms with Crippen molar-refractivity contribution in [2.75, 3.05) is 19.6 Å². The van der Waals surface area contributed by atoms with Crippen LogP contribution < -0.4 is 0 Å². The van der Waals surface area contributed by atoms with Gasteiger partial charge in [0.25, 0.3) is 0 Å². The van der Waals surface area contributed by atoms with Crippen LogP contribution in [0, 0.1) is 6.92 Å². The Labute approximate surface area is 109 Å². The van der Waals surface area contributed by atoms with E-state index in [0.717, 1.165) is 37.9 Å². The number of carbonyl (C=O) groups excluding carboxylic acids is 1. The summed E-state index contributed by atoms with van der Waals surface area (Å²) in [5.74, 6) is 0.347.